The lowest BCUT2D eigenvalue weighted by Crippen LogP contribution is -2.21. The van der Waals surface area contributed by atoms with Crippen LogP contribution in [0.15, 0.2) is 0 Å². The molecule has 0 bridgehead atoms. The SMILES string of the molecule is CCCC(C)CC(CC)C(C)(C)C. The van der Waals surface area contributed by atoms with Gasteiger partial charge in [-0.2, -0.15) is 0 Å². The van der Waals surface area contributed by atoms with Crippen molar-refractivity contribution in [1.82, 2.24) is 0 Å². The lowest BCUT2D eigenvalue weighted by Gasteiger charge is -2.32. The average Bonchev–Trinajstić information content (AvgIpc) is 1.98. The van der Waals surface area contributed by atoms with Gasteiger partial charge in [-0.25, -0.2) is 0 Å². The summed E-state index contributed by atoms with van der Waals surface area (Å²) in [5.41, 5.74) is 0.497. The van der Waals surface area contributed by atoms with Crippen LogP contribution in [0.5, 0.6) is 0 Å². The average molecular weight is 184 g/mol. The van der Waals surface area contributed by atoms with E-state index in [9.17, 15) is 0 Å². The molecular formula is C13H28. The summed E-state index contributed by atoms with van der Waals surface area (Å²) in [7, 11) is 0. The van der Waals surface area contributed by atoms with E-state index in [2.05, 4.69) is 41.5 Å². The molecule has 0 saturated carbocycles. The first-order chi connectivity index (χ1) is 5.91. The first-order valence-electron chi connectivity index (χ1n) is 5.91. The second-order valence-corrected chi connectivity index (χ2v) is 5.60. The van der Waals surface area contributed by atoms with Gasteiger partial charge in [-0.3, -0.25) is 0 Å². The predicted molar refractivity (Wildman–Crippen MR) is 61.9 cm³/mol. The van der Waals surface area contributed by atoms with E-state index in [1.54, 1.807) is 0 Å². The molecule has 0 aromatic carbocycles. The summed E-state index contributed by atoms with van der Waals surface area (Å²) in [4.78, 5) is 0. The van der Waals surface area contributed by atoms with Crippen LogP contribution >= 0.6 is 0 Å². The van der Waals surface area contributed by atoms with Gasteiger partial charge in [-0.1, -0.05) is 60.8 Å². The Morgan fingerprint density at radius 3 is 1.92 bits per heavy atom. The summed E-state index contributed by atoms with van der Waals surface area (Å²) < 4.78 is 0. The molecule has 0 radical (unpaired) electrons. The zero-order chi connectivity index (χ0) is 10.5. The Hall–Kier alpha value is 0. The maximum atomic E-state index is 2.40. The monoisotopic (exact) mass is 184 g/mol. The van der Waals surface area contributed by atoms with Crippen molar-refractivity contribution < 1.29 is 0 Å². The van der Waals surface area contributed by atoms with Crippen LogP contribution in [0, 0.1) is 17.3 Å². The van der Waals surface area contributed by atoms with Crippen molar-refractivity contribution in [2.24, 2.45) is 17.3 Å². The van der Waals surface area contributed by atoms with Crippen LogP contribution in [-0.2, 0) is 0 Å². The molecule has 0 rings (SSSR count). The molecule has 0 fully saturated rings. The molecule has 13 heavy (non-hydrogen) atoms. The van der Waals surface area contributed by atoms with Gasteiger partial charge in [0.1, 0.15) is 0 Å². The first kappa shape index (κ1) is 13.0. The van der Waals surface area contributed by atoms with Crippen LogP contribution in [0.4, 0.5) is 0 Å². The van der Waals surface area contributed by atoms with Crippen LogP contribution in [0.25, 0.3) is 0 Å². The Labute approximate surface area is 85.1 Å². The third-order valence-electron chi connectivity index (χ3n) is 3.19. The second-order valence-electron chi connectivity index (χ2n) is 5.60. The van der Waals surface area contributed by atoms with Crippen molar-refractivity contribution >= 4 is 0 Å². The summed E-state index contributed by atoms with van der Waals surface area (Å²) in [6.45, 7) is 14.1. The maximum Gasteiger partial charge on any atom is -0.0354 e. The van der Waals surface area contributed by atoms with E-state index < -0.39 is 0 Å². The quantitative estimate of drug-likeness (QED) is 0.571. The van der Waals surface area contributed by atoms with Crippen LogP contribution in [0.2, 0.25) is 0 Å². The van der Waals surface area contributed by atoms with Gasteiger partial charge >= 0.3 is 0 Å². The van der Waals surface area contributed by atoms with Gasteiger partial charge in [0.2, 0.25) is 0 Å². The summed E-state index contributed by atoms with van der Waals surface area (Å²) in [5, 5.41) is 0. The fourth-order valence-corrected chi connectivity index (χ4v) is 2.23. The summed E-state index contributed by atoms with van der Waals surface area (Å²) in [5.74, 6) is 1.81. The highest BCUT2D eigenvalue weighted by Gasteiger charge is 2.24. The van der Waals surface area contributed by atoms with Gasteiger partial charge in [0.15, 0.2) is 0 Å². The highest BCUT2D eigenvalue weighted by molar-refractivity contribution is 4.74. The van der Waals surface area contributed by atoms with Gasteiger partial charge in [0, 0.05) is 0 Å². The molecule has 0 heterocycles. The Kier molecular flexibility index (Phi) is 5.67. The van der Waals surface area contributed by atoms with E-state index >= 15 is 0 Å². The largest absolute Gasteiger partial charge is 0.0654 e. The van der Waals surface area contributed by atoms with Gasteiger partial charge in [0.05, 0.1) is 0 Å². The Morgan fingerprint density at radius 1 is 1.08 bits per heavy atom. The summed E-state index contributed by atoms with van der Waals surface area (Å²) >= 11 is 0. The van der Waals surface area contributed by atoms with Crippen LogP contribution in [0.3, 0.4) is 0 Å². The Morgan fingerprint density at radius 2 is 1.62 bits per heavy atom. The van der Waals surface area contributed by atoms with Crippen molar-refractivity contribution in [3.05, 3.63) is 0 Å². The molecule has 0 amide bonds. The van der Waals surface area contributed by atoms with E-state index in [1.807, 2.05) is 0 Å². The second kappa shape index (κ2) is 5.67. The smallest absolute Gasteiger partial charge is 0.0354 e. The Bertz CT molecular complexity index is 118. The number of rotatable bonds is 5. The van der Waals surface area contributed by atoms with Gasteiger partial charge < -0.3 is 0 Å². The van der Waals surface area contributed by atoms with Crippen molar-refractivity contribution in [3.8, 4) is 0 Å². The highest BCUT2D eigenvalue weighted by atomic mass is 14.3. The van der Waals surface area contributed by atoms with Crippen molar-refractivity contribution in [1.29, 1.82) is 0 Å². The molecular weight excluding hydrogens is 156 g/mol. The third kappa shape index (κ3) is 5.33. The van der Waals surface area contributed by atoms with Gasteiger partial charge in [-0.05, 0) is 23.7 Å². The van der Waals surface area contributed by atoms with E-state index in [0.29, 0.717) is 5.41 Å². The third-order valence-corrected chi connectivity index (χ3v) is 3.19. The van der Waals surface area contributed by atoms with Crippen LogP contribution in [0.1, 0.15) is 67.2 Å². The normalized spacial score (nSPS) is 17.1. The lowest BCUT2D eigenvalue weighted by molar-refractivity contribution is 0.190. The first-order valence-corrected chi connectivity index (χ1v) is 5.91. The standard InChI is InChI=1S/C13H28/c1-7-9-11(3)10-12(8-2)13(4,5)6/h11-12H,7-10H2,1-6H3. The molecule has 80 valence electrons. The molecule has 0 aliphatic carbocycles. The molecule has 0 aliphatic rings. The summed E-state index contributed by atoms with van der Waals surface area (Å²) in [6, 6.07) is 0. The molecule has 0 aliphatic heterocycles. The molecule has 0 aromatic rings. The molecule has 0 saturated heterocycles. The fourth-order valence-electron chi connectivity index (χ4n) is 2.23. The zero-order valence-electron chi connectivity index (χ0n) is 10.5. The van der Waals surface area contributed by atoms with Crippen molar-refractivity contribution in [3.63, 3.8) is 0 Å². The van der Waals surface area contributed by atoms with Gasteiger partial charge in [0.25, 0.3) is 0 Å². The molecule has 2 unspecified atom stereocenters. The van der Waals surface area contributed by atoms with Gasteiger partial charge in [-0.15, -0.1) is 0 Å². The van der Waals surface area contributed by atoms with E-state index in [1.165, 1.54) is 25.7 Å². The predicted octanol–water partition coefficient (Wildman–Crippen LogP) is 4.89. The van der Waals surface area contributed by atoms with Crippen molar-refractivity contribution in [2.75, 3.05) is 0 Å². The highest BCUT2D eigenvalue weighted by Crippen LogP contribution is 2.34. The molecule has 0 nitrogen and oxygen atoms in total. The summed E-state index contributed by atoms with van der Waals surface area (Å²) in [6.07, 6.45) is 5.47. The molecule has 0 heteroatoms. The lowest BCUT2D eigenvalue weighted by atomic mass is 9.74. The maximum absolute atomic E-state index is 2.40. The molecule has 0 spiro atoms. The fraction of sp³-hybridized carbons (Fsp3) is 1.00. The Balaban J connectivity index is 3.98. The number of hydrogen-bond donors (Lipinski definition) is 0. The zero-order valence-corrected chi connectivity index (χ0v) is 10.5. The van der Waals surface area contributed by atoms with Crippen LogP contribution < -0.4 is 0 Å². The minimum Gasteiger partial charge on any atom is -0.0654 e. The topological polar surface area (TPSA) is 0 Å². The van der Waals surface area contributed by atoms with E-state index in [-0.39, 0.29) is 0 Å². The van der Waals surface area contributed by atoms with E-state index in [0.717, 1.165) is 11.8 Å². The molecule has 0 N–H and O–H groups in total. The van der Waals surface area contributed by atoms with E-state index in [4.69, 9.17) is 0 Å². The minimum absolute atomic E-state index is 0.497. The molecule has 0 aromatic heterocycles. The molecule has 2 atom stereocenters. The number of hydrogen-bond acceptors (Lipinski definition) is 0. The minimum atomic E-state index is 0.497. The van der Waals surface area contributed by atoms with Crippen molar-refractivity contribution in [2.45, 2.75) is 67.2 Å². The van der Waals surface area contributed by atoms with Crippen LogP contribution in [-0.4, -0.2) is 0 Å².